The number of benzene rings is 8. The van der Waals surface area contributed by atoms with E-state index in [0.717, 1.165) is 72.4 Å². The fraction of sp³-hybridized carbons (Fsp3) is 0. The Balaban J connectivity index is 1.07. The zero-order valence-corrected chi connectivity index (χ0v) is 28.6. The highest BCUT2D eigenvalue weighted by molar-refractivity contribution is 6.14. The maximum absolute atomic E-state index is 6.50. The lowest BCUT2D eigenvalue weighted by atomic mass is 9.96. The van der Waals surface area contributed by atoms with Crippen molar-refractivity contribution in [2.75, 3.05) is 0 Å². The first-order valence-corrected chi connectivity index (χ1v) is 18.0. The SMILES string of the molecule is c1ccc(-c2nc3ccccc3n2-c2cccc(-c3cccc4oc5ccc(-c6ccc7c(c6)c6ccccc6n7-c6ccccc6)cc5c34)c2)cc1. The second kappa shape index (κ2) is 11.7. The molecule has 53 heavy (non-hydrogen) atoms. The normalized spacial score (nSPS) is 11.8. The summed E-state index contributed by atoms with van der Waals surface area (Å²) in [7, 11) is 0. The molecule has 3 aromatic heterocycles. The van der Waals surface area contributed by atoms with Gasteiger partial charge in [0.1, 0.15) is 17.0 Å². The van der Waals surface area contributed by atoms with Crippen LogP contribution in [0.15, 0.2) is 192 Å². The first-order valence-electron chi connectivity index (χ1n) is 18.0. The highest BCUT2D eigenvalue weighted by atomic mass is 16.3. The Kier molecular flexibility index (Phi) is 6.52. The summed E-state index contributed by atoms with van der Waals surface area (Å²) in [6.07, 6.45) is 0. The summed E-state index contributed by atoms with van der Waals surface area (Å²) in [6.45, 7) is 0. The summed E-state index contributed by atoms with van der Waals surface area (Å²) < 4.78 is 11.1. The van der Waals surface area contributed by atoms with Crippen LogP contribution in [0.2, 0.25) is 0 Å². The Morgan fingerprint density at radius 2 is 1.04 bits per heavy atom. The number of para-hydroxylation sites is 4. The predicted octanol–water partition coefficient (Wildman–Crippen LogP) is 13.0. The van der Waals surface area contributed by atoms with Crippen LogP contribution < -0.4 is 0 Å². The molecule has 11 rings (SSSR count). The van der Waals surface area contributed by atoms with Crippen LogP contribution in [0.3, 0.4) is 0 Å². The van der Waals surface area contributed by atoms with E-state index in [1.807, 2.05) is 12.1 Å². The average molecular weight is 678 g/mol. The van der Waals surface area contributed by atoms with E-state index in [1.165, 1.54) is 27.4 Å². The van der Waals surface area contributed by atoms with E-state index in [1.54, 1.807) is 0 Å². The summed E-state index contributed by atoms with van der Waals surface area (Å²) in [4.78, 5) is 5.08. The second-order valence-electron chi connectivity index (χ2n) is 13.6. The van der Waals surface area contributed by atoms with Gasteiger partial charge in [-0.1, -0.05) is 115 Å². The standard InChI is InChI=1S/C49H31N3O/c1-3-13-32(14-4-1)49-50-42-21-8-10-23-45(42)52(49)37-18-11-15-35(29-37)38-20-12-24-47-48(38)41-31-34(26-28-46(41)53-47)33-25-27-44-40(30-33)39-19-7-9-22-43(39)51(44)36-16-5-2-6-17-36/h1-31H. The average Bonchev–Trinajstić information content (AvgIpc) is 3.91. The van der Waals surface area contributed by atoms with Crippen molar-refractivity contribution in [3.8, 4) is 45.0 Å². The minimum absolute atomic E-state index is 0.875. The van der Waals surface area contributed by atoms with E-state index in [0.29, 0.717) is 0 Å². The number of imidazole rings is 1. The zero-order valence-electron chi connectivity index (χ0n) is 28.6. The van der Waals surface area contributed by atoms with Crippen LogP contribution >= 0.6 is 0 Å². The van der Waals surface area contributed by atoms with Crippen molar-refractivity contribution in [3.05, 3.63) is 188 Å². The van der Waals surface area contributed by atoms with Gasteiger partial charge in [-0.15, -0.1) is 0 Å². The molecule has 0 aliphatic heterocycles. The van der Waals surface area contributed by atoms with E-state index >= 15 is 0 Å². The number of nitrogens with zero attached hydrogens (tertiary/aromatic N) is 3. The topological polar surface area (TPSA) is 35.9 Å². The molecular formula is C49H31N3O. The van der Waals surface area contributed by atoms with Gasteiger partial charge in [-0.25, -0.2) is 4.98 Å². The number of rotatable bonds is 5. The lowest BCUT2D eigenvalue weighted by Crippen LogP contribution is -1.98. The number of hydrogen-bond acceptors (Lipinski definition) is 2. The third kappa shape index (κ3) is 4.66. The first kappa shape index (κ1) is 29.5. The van der Waals surface area contributed by atoms with Crippen LogP contribution in [0.1, 0.15) is 0 Å². The van der Waals surface area contributed by atoms with E-state index in [4.69, 9.17) is 9.40 Å². The maximum atomic E-state index is 6.50. The van der Waals surface area contributed by atoms with Crippen molar-refractivity contribution in [1.29, 1.82) is 0 Å². The predicted molar refractivity (Wildman–Crippen MR) is 219 cm³/mol. The lowest BCUT2D eigenvalue weighted by molar-refractivity contribution is 0.669. The van der Waals surface area contributed by atoms with Gasteiger partial charge in [-0.3, -0.25) is 4.57 Å². The van der Waals surface area contributed by atoms with Crippen LogP contribution in [-0.4, -0.2) is 14.1 Å². The molecule has 0 aliphatic rings. The molecule has 0 unspecified atom stereocenters. The van der Waals surface area contributed by atoms with Gasteiger partial charge < -0.3 is 8.98 Å². The van der Waals surface area contributed by atoms with Crippen LogP contribution in [-0.2, 0) is 0 Å². The van der Waals surface area contributed by atoms with E-state index in [9.17, 15) is 0 Å². The van der Waals surface area contributed by atoms with E-state index in [-0.39, 0.29) is 0 Å². The van der Waals surface area contributed by atoms with Crippen molar-refractivity contribution < 1.29 is 4.42 Å². The largest absolute Gasteiger partial charge is 0.456 e. The van der Waals surface area contributed by atoms with Crippen LogP contribution in [0.25, 0.3) is 99.8 Å². The third-order valence-electron chi connectivity index (χ3n) is 10.5. The van der Waals surface area contributed by atoms with Crippen LogP contribution in [0.5, 0.6) is 0 Å². The number of aromatic nitrogens is 3. The molecule has 0 saturated heterocycles. The molecule has 4 heteroatoms. The molecule has 248 valence electrons. The third-order valence-corrected chi connectivity index (χ3v) is 10.5. The number of furan rings is 1. The molecular weight excluding hydrogens is 647 g/mol. The summed E-state index contributed by atoms with van der Waals surface area (Å²) >= 11 is 0. The van der Waals surface area contributed by atoms with E-state index in [2.05, 4.69) is 185 Å². The summed E-state index contributed by atoms with van der Waals surface area (Å²) in [5.41, 5.74) is 14.1. The van der Waals surface area contributed by atoms with Gasteiger partial charge in [-0.2, -0.15) is 0 Å². The fourth-order valence-corrected chi connectivity index (χ4v) is 8.14. The minimum atomic E-state index is 0.875. The summed E-state index contributed by atoms with van der Waals surface area (Å²) in [6, 6.07) is 66.6. The van der Waals surface area contributed by atoms with Crippen molar-refractivity contribution in [1.82, 2.24) is 14.1 Å². The van der Waals surface area contributed by atoms with Gasteiger partial charge in [0, 0.05) is 38.5 Å². The molecule has 0 fully saturated rings. The number of hydrogen-bond donors (Lipinski definition) is 0. The molecule has 0 atom stereocenters. The zero-order chi connectivity index (χ0) is 34.9. The number of fused-ring (bicyclic) bond motifs is 7. The fourth-order valence-electron chi connectivity index (χ4n) is 8.14. The Hall–Kier alpha value is -7.17. The maximum Gasteiger partial charge on any atom is 0.145 e. The van der Waals surface area contributed by atoms with Gasteiger partial charge in [0.25, 0.3) is 0 Å². The van der Waals surface area contributed by atoms with Crippen molar-refractivity contribution in [3.63, 3.8) is 0 Å². The molecule has 0 saturated carbocycles. The Morgan fingerprint density at radius 1 is 0.377 bits per heavy atom. The molecule has 0 bridgehead atoms. The van der Waals surface area contributed by atoms with Crippen molar-refractivity contribution in [2.24, 2.45) is 0 Å². The molecule has 0 N–H and O–H groups in total. The molecule has 3 heterocycles. The second-order valence-corrected chi connectivity index (χ2v) is 13.6. The van der Waals surface area contributed by atoms with Crippen LogP contribution in [0.4, 0.5) is 0 Å². The molecule has 0 spiro atoms. The highest BCUT2D eigenvalue weighted by Gasteiger charge is 2.18. The molecule has 0 amide bonds. The van der Waals surface area contributed by atoms with Crippen molar-refractivity contribution >= 4 is 54.8 Å². The molecule has 0 radical (unpaired) electrons. The Bertz CT molecular complexity index is 3170. The molecule has 0 aliphatic carbocycles. The van der Waals surface area contributed by atoms with Crippen molar-refractivity contribution in [2.45, 2.75) is 0 Å². The Morgan fingerprint density at radius 3 is 1.91 bits per heavy atom. The monoisotopic (exact) mass is 677 g/mol. The van der Waals surface area contributed by atoms with Gasteiger partial charge in [0.05, 0.1) is 22.1 Å². The highest BCUT2D eigenvalue weighted by Crippen LogP contribution is 2.41. The lowest BCUT2D eigenvalue weighted by Gasteiger charge is -2.12. The smallest absolute Gasteiger partial charge is 0.145 e. The molecule has 11 aromatic rings. The molecule has 4 nitrogen and oxygen atoms in total. The van der Waals surface area contributed by atoms with Gasteiger partial charge in [0.15, 0.2) is 0 Å². The minimum Gasteiger partial charge on any atom is -0.456 e. The van der Waals surface area contributed by atoms with Gasteiger partial charge >= 0.3 is 0 Å². The Labute approximate surface area is 305 Å². The van der Waals surface area contributed by atoms with E-state index < -0.39 is 0 Å². The molecule has 8 aromatic carbocycles. The quantitative estimate of drug-likeness (QED) is 0.182. The van der Waals surface area contributed by atoms with Gasteiger partial charge in [-0.05, 0) is 95.1 Å². The first-order chi connectivity index (χ1) is 26.3. The summed E-state index contributed by atoms with van der Waals surface area (Å²) in [5.74, 6) is 0.921. The summed E-state index contributed by atoms with van der Waals surface area (Å²) in [5, 5.41) is 4.69. The van der Waals surface area contributed by atoms with Crippen LogP contribution in [0, 0.1) is 0 Å². The van der Waals surface area contributed by atoms with Gasteiger partial charge in [0.2, 0.25) is 0 Å².